The van der Waals surface area contributed by atoms with Crippen molar-refractivity contribution in [3.8, 4) is 0 Å². The lowest BCUT2D eigenvalue weighted by Gasteiger charge is -2.26. The standard InChI is InChI=1S/C15H24BrN3/c1-3-19(4-2)13-7-8-18(11-13)10-12-5-6-15(17)14(16)9-12/h5-6,9,13H,3-4,7-8,10-11,17H2,1-2H3. The lowest BCUT2D eigenvalue weighted by Crippen LogP contribution is -2.37. The maximum atomic E-state index is 5.83. The Balaban J connectivity index is 1.92. The molecule has 4 heteroatoms. The number of likely N-dealkylation sites (N-methyl/N-ethyl adjacent to an activating group) is 1. The zero-order valence-electron chi connectivity index (χ0n) is 11.9. The molecule has 1 aliphatic heterocycles. The van der Waals surface area contributed by atoms with Crippen molar-refractivity contribution in [1.29, 1.82) is 0 Å². The Morgan fingerprint density at radius 2 is 2.11 bits per heavy atom. The third-order valence-electron chi connectivity index (χ3n) is 4.05. The average Bonchev–Trinajstić information content (AvgIpc) is 2.84. The number of halogens is 1. The van der Waals surface area contributed by atoms with E-state index in [0.717, 1.165) is 35.8 Å². The second kappa shape index (κ2) is 6.73. The van der Waals surface area contributed by atoms with Crippen LogP contribution in [-0.4, -0.2) is 42.0 Å². The molecule has 2 N–H and O–H groups in total. The van der Waals surface area contributed by atoms with E-state index in [0.29, 0.717) is 0 Å². The van der Waals surface area contributed by atoms with E-state index in [1.807, 2.05) is 6.07 Å². The van der Waals surface area contributed by atoms with Gasteiger partial charge in [-0.05, 0) is 53.1 Å². The van der Waals surface area contributed by atoms with E-state index in [4.69, 9.17) is 5.73 Å². The van der Waals surface area contributed by atoms with Crippen molar-refractivity contribution in [3.05, 3.63) is 28.2 Å². The zero-order valence-corrected chi connectivity index (χ0v) is 13.5. The predicted octanol–water partition coefficient (Wildman–Crippen LogP) is 2.95. The molecule has 106 valence electrons. The molecule has 1 aliphatic rings. The fraction of sp³-hybridized carbons (Fsp3) is 0.600. The Bertz CT molecular complexity index is 418. The highest BCUT2D eigenvalue weighted by molar-refractivity contribution is 9.10. The number of nitrogen functional groups attached to an aromatic ring is 1. The molecule has 0 saturated carbocycles. The van der Waals surface area contributed by atoms with E-state index in [-0.39, 0.29) is 0 Å². The maximum Gasteiger partial charge on any atom is 0.0458 e. The van der Waals surface area contributed by atoms with Gasteiger partial charge in [0.15, 0.2) is 0 Å². The Labute approximate surface area is 124 Å². The number of likely N-dealkylation sites (tertiary alicyclic amines) is 1. The van der Waals surface area contributed by atoms with Gasteiger partial charge in [-0.1, -0.05) is 19.9 Å². The predicted molar refractivity (Wildman–Crippen MR) is 85.2 cm³/mol. The number of nitrogens with zero attached hydrogens (tertiary/aromatic N) is 2. The first-order valence-corrected chi connectivity index (χ1v) is 7.93. The van der Waals surface area contributed by atoms with Gasteiger partial charge < -0.3 is 5.73 Å². The molecule has 1 heterocycles. The third-order valence-corrected chi connectivity index (χ3v) is 4.73. The summed E-state index contributed by atoms with van der Waals surface area (Å²) in [4.78, 5) is 5.11. The first kappa shape index (κ1) is 14.8. The number of rotatable bonds is 5. The Kier molecular flexibility index (Phi) is 5.25. The molecule has 2 rings (SSSR count). The summed E-state index contributed by atoms with van der Waals surface area (Å²) in [7, 11) is 0. The molecule has 1 fully saturated rings. The molecular formula is C15H24BrN3. The van der Waals surface area contributed by atoms with E-state index in [2.05, 4.69) is 51.7 Å². The molecule has 19 heavy (non-hydrogen) atoms. The number of hydrogen-bond donors (Lipinski definition) is 1. The van der Waals surface area contributed by atoms with Crippen molar-refractivity contribution in [1.82, 2.24) is 9.80 Å². The fourth-order valence-electron chi connectivity index (χ4n) is 2.92. The highest BCUT2D eigenvalue weighted by atomic mass is 79.9. The molecule has 1 aromatic rings. The van der Waals surface area contributed by atoms with E-state index in [9.17, 15) is 0 Å². The van der Waals surface area contributed by atoms with Gasteiger partial charge in [0.05, 0.1) is 0 Å². The van der Waals surface area contributed by atoms with Gasteiger partial charge in [0.1, 0.15) is 0 Å². The normalized spacial score (nSPS) is 20.3. The summed E-state index contributed by atoms with van der Waals surface area (Å²) in [5.74, 6) is 0. The molecule has 1 atom stereocenters. The van der Waals surface area contributed by atoms with Crippen LogP contribution in [0.5, 0.6) is 0 Å². The minimum absolute atomic E-state index is 0.729. The number of anilines is 1. The van der Waals surface area contributed by atoms with Crippen LogP contribution in [0.2, 0.25) is 0 Å². The summed E-state index contributed by atoms with van der Waals surface area (Å²) in [5, 5.41) is 0. The SMILES string of the molecule is CCN(CC)C1CCN(Cc2ccc(N)c(Br)c2)C1. The van der Waals surface area contributed by atoms with Crippen LogP contribution in [0, 0.1) is 0 Å². The monoisotopic (exact) mass is 325 g/mol. The average molecular weight is 326 g/mol. The third kappa shape index (κ3) is 3.71. The fourth-order valence-corrected chi connectivity index (χ4v) is 3.35. The number of nitrogens with two attached hydrogens (primary N) is 1. The molecule has 1 unspecified atom stereocenters. The van der Waals surface area contributed by atoms with E-state index in [1.54, 1.807) is 0 Å². The van der Waals surface area contributed by atoms with Crippen molar-refractivity contribution >= 4 is 21.6 Å². The summed E-state index contributed by atoms with van der Waals surface area (Å²) in [6, 6.07) is 6.98. The smallest absolute Gasteiger partial charge is 0.0458 e. The molecule has 0 bridgehead atoms. The number of hydrogen-bond acceptors (Lipinski definition) is 3. The lowest BCUT2D eigenvalue weighted by atomic mass is 10.2. The van der Waals surface area contributed by atoms with E-state index in [1.165, 1.54) is 25.1 Å². The summed E-state index contributed by atoms with van der Waals surface area (Å²) < 4.78 is 1.00. The van der Waals surface area contributed by atoms with E-state index >= 15 is 0 Å². The Hall–Kier alpha value is -0.580. The molecule has 1 aromatic carbocycles. The largest absolute Gasteiger partial charge is 0.398 e. The molecule has 0 aliphatic carbocycles. The first-order chi connectivity index (χ1) is 9.13. The maximum absolute atomic E-state index is 5.83. The van der Waals surface area contributed by atoms with Gasteiger partial charge in [0, 0.05) is 35.8 Å². The Morgan fingerprint density at radius 1 is 1.37 bits per heavy atom. The summed E-state index contributed by atoms with van der Waals surface area (Å²) in [6.07, 6.45) is 1.29. The Morgan fingerprint density at radius 3 is 2.74 bits per heavy atom. The molecule has 1 saturated heterocycles. The van der Waals surface area contributed by atoms with E-state index < -0.39 is 0 Å². The molecular weight excluding hydrogens is 302 g/mol. The van der Waals surface area contributed by atoms with Crippen LogP contribution in [0.15, 0.2) is 22.7 Å². The van der Waals surface area contributed by atoms with Crippen LogP contribution in [0.25, 0.3) is 0 Å². The first-order valence-electron chi connectivity index (χ1n) is 7.14. The van der Waals surface area contributed by atoms with Crippen LogP contribution in [0.1, 0.15) is 25.8 Å². The van der Waals surface area contributed by atoms with Gasteiger partial charge in [0.2, 0.25) is 0 Å². The van der Waals surface area contributed by atoms with Gasteiger partial charge in [0.25, 0.3) is 0 Å². The molecule has 3 nitrogen and oxygen atoms in total. The van der Waals surface area contributed by atoms with Crippen LogP contribution in [-0.2, 0) is 6.54 Å². The van der Waals surface area contributed by atoms with Crippen molar-refractivity contribution in [3.63, 3.8) is 0 Å². The van der Waals surface area contributed by atoms with Crippen molar-refractivity contribution in [2.75, 3.05) is 31.9 Å². The zero-order chi connectivity index (χ0) is 13.8. The second-order valence-corrected chi connectivity index (χ2v) is 6.11. The van der Waals surface area contributed by atoms with Crippen LogP contribution < -0.4 is 5.73 Å². The molecule has 0 radical (unpaired) electrons. The van der Waals surface area contributed by atoms with Crippen molar-refractivity contribution < 1.29 is 0 Å². The minimum atomic E-state index is 0.729. The molecule has 0 aromatic heterocycles. The van der Waals surface area contributed by atoms with Gasteiger partial charge in [-0.15, -0.1) is 0 Å². The van der Waals surface area contributed by atoms with Crippen molar-refractivity contribution in [2.45, 2.75) is 32.9 Å². The summed E-state index contributed by atoms with van der Waals surface area (Å²) >= 11 is 3.50. The number of benzene rings is 1. The van der Waals surface area contributed by atoms with Gasteiger partial charge in [-0.25, -0.2) is 0 Å². The lowest BCUT2D eigenvalue weighted by molar-refractivity contribution is 0.209. The minimum Gasteiger partial charge on any atom is -0.398 e. The van der Waals surface area contributed by atoms with Crippen molar-refractivity contribution in [2.24, 2.45) is 0 Å². The quantitative estimate of drug-likeness (QED) is 0.845. The molecule has 0 amide bonds. The van der Waals surface area contributed by atoms with Crippen LogP contribution in [0.3, 0.4) is 0 Å². The summed E-state index contributed by atoms with van der Waals surface area (Å²) in [5.41, 5.74) is 7.97. The molecule has 0 spiro atoms. The highest BCUT2D eigenvalue weighted by Crippen LogP contribution is 2.23. The van der Waals surface area contributed by atoms with Crippen LogP contribution >= 0.6 is 15.9 Å². The van der Waals surface area contributed by atoms with Gasteiger partial charge in [-0.2, -0.15) is 0 Å². The highest BCUT2D eigenvalue weighted by Gasteiger charge is 2.25. The second-order valence-electron chi connectivity index (χ2n) is 5.25. The van der Waals surface area contributed by atoms with Gasteiger partial charge in [-0.3, -0.25) is 9.80 Å². The summed E-state index contributed by atoms with van der Waals surface area (Å²) in [6.45, 7) is 10.2. The topological polar surface area (TPSA) is 32.5 Å². The van der Waals surface area contributed by atoms with Crippen LogP contribution in [0.4, 0.5) is 5.69 Å². The van der Waals surface area contributed by atoms with Gasteiger partial charge >= 0.3 is 0 Å².